The molecular formula is C29H36N2O7. The summed E-state index contributed by atoms with van der Waals surface area (Å²) >= 11 is 0. The van der Waals surface area contributed by atoms with Crippen LogP contribution >= 0.6 is 0 Å². The predicted molar refractivity (Wildman–Crippen MR) is 143 cm³/mol. The zero-order valence-electron chi connectivity index (χ0n) is 22.4. The minimum Gasteiger partial charge on any atom is -0.507 e. The molecule has 2 aromatic rings. The van der Waals surface area contributed by atoms with Crippen molar-refractivity contribution in [2.24, 2.45) is 5.92 Å². The summed E-state index contributed by atoms with van der Waals surface area (Å²) < 4.78 is 22.1. The predicted octanol–water partition coefficient (Wildman–Crippen LogP) is 3.49. The first-order valence-corrected chi connectivity index (χ1v) is 12.9. The van der Waals surface area contributed by atoms with E-state index in [1.54, 1.807) is 49.6 Å². The third kappa shape index (κ3) is 5.95. The molecule has 1 amide bonds. The van der Waals surface area contributed by atoms with Gasteiger partial charge in [-0.3, -0.25) is 14.5 Å². The Balaban J connectivity index is 1.73. The zero-order valence-corrected chi connectivity index (χ0v) is 22.4. The summed E-state index contributed by atoms with van der Waals surface area (Å²) in [6, 6.07) is 11.3. The standard InChI is InChI=1S/C29H36N2O7/c1-19(2)18-38-21-7-5-20(6-8-21)27(32)25-26(23-10-9-22(35-3)17-24(23)36-4)31(29(34)28(25)33)12-11-30-13-15-37-16-14-30/h5-10,17,19,26,32H,11-16,18H2,1-4H3/b27-25+. The number of hydrogen-bond donors (Lipinski definition) is 1. The van der Waals surface area contributed by atoms with Gasteiger partial charge in [-0.1, -0.05) is 13.8 Å². The van der Waals surface area contributed by atoms with Crippen molar-refractivity contribution in [3.05, 3.63) is 59.2 Å². The number of rotatable bonds is 10. The average Bonchev–Trinajstić information content (AvgIpc) is 3.19. The molecule has 2 fully saturated rings. The number of carbonyl (C=O) groups excluding carboxylic acids is 2. The van der Waals surface area contributed by atoms with Crippen molar-refractivity contribution in [2.45, 2.75) is 19.9 Å². The fraction of sp³-hybridized carbons (Fsp3) is 0.448. The van der Waals surface area contributed by atoms with Crippen LogP contribution in [0.25, 0.3) is 5.76 Å². The van der Waals surface area contributed by atoms with Crippen molar-refractivity contribution >= 4 is 17.4 Å². The Bertz CT molecular complexity index is 1170. The first-order valence-electron chi connectivity index (χ1n) is 12.9. The molecule has 0 aliphatic carbocycles. The molecule has 0 radical (unpaired) electrons. The number of morpholine rings is 1. The summed E-state index contributed by atoms with van der Waals surface area (Å²) in [5, 5.41) is 11.4. The first-order chi connectivity index (χ1) is 18.3. The second-order valence-electron chi connectivity index (χ2n) is 9.78. The average molecular weight is 525 g/mol. The second kappa shape index (κ2) is 12.3. The summed E-state index contributed by atoms with van der Waals surface area (Å²) in [4.78, 5) is 30.5. The van der Waals surface area contributed by atoms with Crippen molar-refractivity contribution in [3.8, 4) is 17.2 Å². The minimum atomic E-state index is -0.825. The molecule has 2 aliphatic rings. The molecule has 2 saturated heterocycles. The van der Waals surface area contributed by atoms with Gasteiger partial charge in [0.2, 0.25) is 0 Å². The highest BCUT2D eigenvalue weighted by Gasteiger charge is 2.47. The van der Waals surface area contributed by atoms with Gasteiger partial charge in [0.1, 0.15) is 23.0 Å². The molecule has 2 heterocycles. The highest BCUT2D eigenvalue weighted by molar-refractivity contribution is 6.46. The number of methoxy groups -OCH3 is 2. The van der Waals surface area contributed by atoms with Gasteiger partial charge in [-0.25, -0.2) is 0 Å². The highest BCUT2D eigenvalue weighted by Crippen LogP contribution is 2.43. The lowest BCUT2D eigenvalue weighted by molar-refractivity contribution is -0.140. The Hall–Kier alpha value is -3.56. The van der Waals surface area contributed by atoms with E-state index < -0.39 is 17.7 Å². The van der Waals surface area contributed by atoms with Gasteiger partial charge in [0.15, 0.2) is 0 Å². The van der Waals surface area contributed by atoms with Gasteiger partial charge in [0, 0.05) is 43.4 Å². The molecule has 38 heavy (non-hydrogen) atoms. The molecule has 0 saturated carbocycles. The van der Waals surface area contributed by atoms with Crippen LogP contribution in [0.1, 0.15) is 31.0 Å². The third-order valence-electron chi connectivity index (χ3n) is 6.75. The number of ether oxygens (including phenoxy) is 4. The molecule has 9 heteroatoms. The smallest absolute Gasteiger partial charge is 0.295 e. The topological polar surface area (TPSA) is 97.8 Å². The Morgan fingerprint density at radius 3 is 2.32 bits per heavy atom. The first kappa shape index (κ1) is 27.5. The van der Waals surface area contributed by atoms with Crippen molar-refractivity contribution in [3.63, 3.8) is 0 Å². The molecule has 2 aromatic carbocycles. The van der Waals surface area contributed by atoms with E-state index in [-0.39, 0.29) is 11.3 Å². The quantitative estimate of drug-likeness (QED) is 0.287. The van der Waals surface area contributed by atoms with Crippen molar-refractivity contribution < 1.29 is 33.6 Å². The normalized spacial score (nSPS) is 19.7. The molecule has 0 spiro atoms. The maximum absolute atomic E-state index is 13.4. The van der Waals surface area contributed by atoms with E-state index in [0.717, 1.165) is 13.1 Å². The molecule has 9 nitrogen and oxygen atoms in total. The summed E-state index contributed by atoms with van der Waals surface area (Å²) in [6.07, 6.45) is 0. The summed E-state index contributed by atoms with van der Waals surface area (Å²) in [6.45, 7) is 8.35. The van der Waals surface area contributed by atoms with Crippen LogP contribution in [0.15, 0.2) is 48.0 Å². The number of benzene rings is 2. The van der Waals surface area contributed by atoms with Crippen LogP contribution in [0.4, 0.5) is 0 Å². The maximum atomic E-state index is 13.4. The van der Waals surface area contributed by atoms with Gasteiger partial charge >= 0.3 is 0 Å². The van der Waals surface area contributed by atoms with Crippen LogP contribution in [0, 0.1) is 5.92 Å². The molecule has 1 atom stereocenters. The van der Waals surface area contributed by atoms with Crippen molar-refractivity contribution in [2.75, 3.05) is 60.2 Å². The van der Waals surface area contributed by atoms with Gasteiger partial charge in [-0.05, 0) is 42.3 Å². The van der Waals surface area contributed by atoms with E-state index in [1.165, 1.54) is 12.0 Å². The number of ketones is 1. The number of likely N-dealkylation sites (tertiary alicyclic amines) is 1. The second-order valence-corrected chi connectivity index (χ2v) is 9.78. The minimum absolute atomic E-state index is 0.0243. The Kier molecular flexibility index (Phi) is 8.91. The van der Waals surface area contributed by atoms with E-state index in [9.17, 15) is 14.7 Å². The molecule has 1 N–H and O–H groups in total. The number of nitrogens with zero attached hydrogens (tertiary/aromatic N) is 2. The zero-order chi connectivity index (χ0) is 27.2. The van der Waals surface area contributed by atoms with Crippen LogP contribution in [0.2, 0.25) is 0 Å². The fourth-order valence-corrected chi connectivity index (χ4v) is 4.68. The van der Waals surface area contributed by atoms with Crippen LogP contribution in [0.5, 0.6) is 17.2 Å². The maximum Gasteiger partial charge on any atom is 0.295 e. The number of Topliss-reactive ketones (excluding diaryl/α,β-unsaturated/α-hetero) is 1. The third-order valence-corrected chi connectivity index (χ3v) is 6.75. The number of aliphatic hydroxyl groups is 1. The van der Waals surface area contributed by atoms with Crippen LogP contribution in [0.3, 0.4) is 0 Å². The lowest BCUT2D eigenvalue weighted by Gasteiger charge is -2.31. The fourth-order valence-electron chi connectivity index (χ4n) is 4.68. The molecule has 1 unspecified atom stereocenters. The lowest BCUT2D eigenvalue weighted by atomic mass is 9.94. The number of carbonyl (C=O) groups is 2. The molecular weight excluding hydrogens is 488 g/mol. The van der Waals surface area contributed by atoms with E-state index >= 15 is 0 Å². The Labute approximate surface area is 223 Å². The van der Waals surface area contributed by atoms with Gasteiger partial charge < -0.3 is 29.0 Å². The Morgan fingerprint density at radius 2 is 1.68 bits per heavy atom. The number of amides is 1. The van der Waals surface area contributed by atoms with Gasteiger partial charge in [-0.15, -0.1) is 0 Å². The number of hydrogen-bond acceptors (Lipinski definition) is 8. The van der Waals surface area contributed by atoms with Gasteiger partial charge in [0.25, 0.3) is 11.7 Å². The van der Waals surface area contributed by atoms with E-state index in [1.807, 2.05) is 0 Å². The van der Waals surface area contributed by atoms with Crippen LogP contribution < -0.4 is 14.2 Å². The monoisotopic (exact) mass is 524 g/mol. The van der Waals surface area contributed by atoms with Crippen LogP contribution in [-0.2, 0) is 14.3 Å². The van der Waals surface area contributed by atoms with Crippen molar-refractivity contribution in [1.82, 2.24) is 9.80 Å². The largest absolute Gasteiger partial charge is 0.507 e. The molecule has 4 rings (SSSR count). The SMILES string of the molecule is COc1ccc(C2/C(=C(\O)c3ccc(OCC(C)C)cc3)C(=O)C(=O)N2CCN2CCOCC2)c(OC)c1. The van der Waals surface area contributed by atoms with Crippen molar-refractivity contribution in [1.29, 1.82) is 0 Å². The molecule has 0 aromatic heterocycles. The summed E-state index contributed by atoms with van der Waals surface area (Å²) in [5.41, 5.74) is 1.04. The molecule has 2 aliphatic heterocycles. The van der Waals surface area contributed by atoms with Gasteiger partial charge in [0.05, 0.1) is 45.7 Å². The van der Waals surface area contributed by atoms with E-state index in [4.69, 9.17) is 18.9 Å². The molecule has 0 bridgehead atoms. The van der Waals surface area contributed by atoms with E-state index in [0.29, 0.717) is 67.2 Å². The summed E-state index contributed by atoms with van der Waals surface area (Å²) in [7, 11) is 3.07. The van der Waals surface area contributed by atoms with E-state index in [2.05, 4.69) is 18.7 Å². The number of aliphatic hydroxyl groups excluding tert-OH is 1. The Morgan fingerprint density at radius 1 is 1.00 bits per heavy atom. The highest BCUT2D eigenvalue weighted by atomic mass is 16.5. The summed E-state index contributed by atoms with van der Waals surface area (Å²) in [5.74, 6) is 0.442. The lowest BCUT2D eigenvalue weighted by Crippen LogP contribution is -2.42. The molecule has 204 valence electrons. The van der Waals surface area contributed by atoms with Crippen LogP contribution in [-0.4, -0.2) is 86.8 Å². The van der Waals surface area contributed by atoms with Gasteiger partial charge in [-0.2, -0.15) is 0 Å².